The summed E-state index contributed by atoms with van der Waals surface area (Å²) in [6, 6.07) is 7.99. The first-order chi connectivity index (χ1) is 15.5. The standard InChI is InChI=1S/C24H31N5.C3H4/c1-5-24(14-8-9-15-24)16(2)19(25-4)12-13-20-17(3)26-23(27-20)22-18-10-6-7-11-21(18)28-29-22;1-3-2/h6-7,10-13,20,25H,3,5,8-9,14-15H2,1-2,4H3,(H,26,27)(H,28,29);1H,2H3/b13-12?,19-16-;. The number of H-pyrrole nitrogens is 1. The number of amidine groups is 1. The van der Waals surface area contributed by atoms with Crippen molar-refractivity contribution in [2.45, 2.75) is 58.9 Å². The zero-order chi connectivity index (χ0) is 23.1. The van der Waals surface area contributed by atoms with E-state index in [4.69, 9.17) is 4.99 Å². The third-order valence-electron chi connectivity index (χ3n) is 6.75. The molecule has 0 saturated heterocycles. The Labute approximate surface area is 192 Å². The number of fused-ring (bicyclic) bond motifs is 1. The van der Waals surface area contributed by atoms with Crippen LogP contribution in [0.25, 0.3) is 10.9 Å². The molecule has 2 heterocycles. The second-order valence-electron chi connectivity index (χ2n) is 8.47. The highest BCUT2D eigenvalue weighted by atomic mass is 15.2. The molecule has 1 aliphatic carbocycles. The number of nitrogens with zero attached hydrogens (tertiary/aromatic N) is 2. The summed E-state index contributed by atoms with van der Waals surface area (Å²) in [5.74, 6) is 3.02. The minimum atomic E-state index is -0.0993. The third kappa shape index (κ3) is 4.65. The van der Waals surface area contributed by atoms with Crippen molar-refractivity contribution < 1.29 is 0 Å². The lowest BCUT2D eigenvalue weighted by Crippen LogP contribution is -2.22. The molecule has 4 rings (SSSR count). The predicted molar refractivity (Wildman–Crippen MR) is 135 cm³/mol. The summed E-state index contributed by atoms with van der Waals surface area (Å²) in [6.07, 6.45) is 15.4. The molecule has 32 heavy (non-hydrogen) atoms. The summed E-state index contributed by atoms with van der Waals surface area (Å²) in [5.41, 5.74) is 5.74. The van der Waals surface area contributed by atoms with Crippen LogP contribution in [0.2, 0.25) is 0 Å². The van der Waals surface area contributed by atoms with Crippen molar-refractivity contribution >= 4 is 16.7 Å². The zero-order valence-corrected chi connectivity index (χ0v) is 19.8. The molecule has 1 aromatic heterocycles. The first-order valence-corrected chi connectivity index (χ1v) is 11.4. The molecular weight excluding hydrogens is 394 g/mol. The molecule has 0 spiro atoms. The van der Waals surface area contributed by atoms with E-state index >= 15 is 0 Å². The number of aliphatic imine (C=N–C) groups is 1. The Morgan fingerprint density at radius 3 is 2.69 bits per heavy atom. The topological polar surface area (TPSA) is 65.1 Å². The number of para-hydroxylation sites is 1. The minimum absolute atomic E-state index is 0.0993. The van der Waals surface area contributed by atoms with Crippen LogP contribution in [0.3, 0.4) is 0 Å². The van der Waals surface area contributed by atoms with Gasteiger partial charge >= 0.3 is 0 Å². The fraction of sp³-hybridized carbons (Fsp3) is 0.407. The monoisotopic (exact) mass is 429 g/mol. The zero-order valence-electron chi connectivity index (χ0n) is 19.8. The number of hydrogen-bond acceptors (Lipinski definition) is 4. The van der Waals surface area contributed by atoms with Crippen molar-refractivity contribution in [2.75, 3.05) is 7.05 Å². The molecule has 1 unspecified atom stereocenters. The number of allylic oxidation sites excluding steroid dienone is 2. The average molecular weight is 430 g/mol. The first-order valence-electron chi connectivity index (χ1n) is 11.4. The SMILES string of the molecule is C#CC.C=C1NC(c2n[nH]c3ccccc23)=NC1C=C/C(NC)=C(\C)C1(CC)CCCC1. The van der Waals surface area contributed by atoms with Crippen LogP contribution in [0.15, 0.2) is 65.0 Å². The van der Waals surface area contributed by atoms with Crippen molar-refractivity contribution in [3.63, 3.8) is 0 Å². The van der Waals surface area contributed by atoms with Gasteiger partial charge in [-0.3, -0.25) is 10.1 Å². The molecule has 2 aromatic rings. The number of aromatic amines is 1. The normalized spacial score (nSPS) is 20.3. The van der Waals surface area contributed by atoms with Crippen LogP contribution in [0, 0.1) is 17.8 Å². The van der Waals surface area contributed by atoms with Gasteiger partial charge < -0.3 is 10.6 Å². The molecule has 1 saturated carbocycles. The molecule has 3 N–H and O–H groups in total. The Balaban J connectivity index is 0.000000913. The Morgan fingerprint density at radius 2 is 2.03 bits per heavy atom. The Kier molecular flexibility index (Phi) is 7.58. The van der Waals surface area contributed by atoms with E-state index < -0.39 is 0 Å². The lowest BCUT2D eigenvalue weighted by molar-refractivity contribution is 0.349. The van der Waals surface area contributed by atoms with Crippen molar-refractivity contribution in [3.05, 3.63) is 65.7 Å². The van der Waals surface area contributed by atoms with Gasteiger partial charge in [0, 0.05) is 23.8 Å². The highest BCUT2D eigenvalue weighted by Crippen LogP contribution is 2.47. The van der Waals surface area contributed by atoms with Gasteiger partial charge in [0.2, 0.25) is 0 Å². The molecule has 5 heteroatoms. The smallest absolute Gasteiger partial charge is 0.155 e. The van der Waals surface area contributed by atoms with Gasteiger partial charge in [0.15, 0.2) is 5.84 Å². The van der Waals surface area contributed by atoms with Crippen molar-refractivity contribution in [3.8, 4) is 12.3 Å². The molecular formula is C27H35N5. The van der Waals surface area contributed by atoms with Gasteiger partial charge in [0.1, 0.15) is 11.7 Å². The summed E-state index contributed by atoms with van der Waals surface area (Å²) in [4.78, 5) is 4.85. The van der Waals surface area contributed by atoms with E-state index in [9.17, 15) is 0 Å². The average Bonchev–Trinajstić information content (AvgIpc) is 3.53. The van der Waals surface area contributed by atoms with Crippen LogP contribution in [0.1, 0.15) is 58.6 Å². The van der Waals surface area contributed by atoms with Crippen molar-refractivity contribution in [2.24, 2.45) is 10.4 Å². The van der Waals surface area contributed by atoms with Crippen LogP contribution in [0.5, 0.6) is 0 Å². The Morgan fingerprint density at radius 1 is 1.34 bits per heavy atom. The number of nitrogens with one attached hydrogen (secondary N) is 3. The van der Waals surface area contributed by atoms with Gasteiger partial charge in [-0.25, -0.2) is 0 Å². The maximum Gasteiger partial charge on any atom is 0.155 e. The van der Waals surface area contributed by atoms with Crippen molar-refractivity contribution in [1.29, 1.82) is 0 Å². The Hall–Kier alpha value is -3.26. The van der Waals surface area contributed by atoms with Crippen LogP contribution >= 0.6 is 0 Å². The summed E-state index contributed by atoms with van der Waals surface area (Å²) < 4.78 is 0. The van der Waals surface area contributed by atoms with Crippen LogP contribution in [-0.2, 0) is 0 Å². The van der Waals surface area contributed by atoms with E-state index in [0.29, 0.717) is 5.41 Å². The number of rotatable bonds is 6. The number of hydrogen-bond donors (Lipinski definition) is 3. The van der Waals surface area contributed by atoms with Gasteiger partial charge in [0.05, 0.1) is 5.52 Å². The highest BCUT2D eigenvalue weighted by Gasteiger charge is 2.34. The Bertz CT molecular complexity index is 1090. The maximum atomic E-state index is 4.85. The third-order valence-corrected chi connectivity index (χ3v) is 6.75. The number of terminal acetylenes is 1. The molecule has 1 fully saturated rings. The summed E-state index contributed by atoms with van der Waals surface area (Å²) >= 11 is 0. The quantitative estimate of drug-likeness (QED) is 0.422. The molecule has 1 aromatic carbocycles. The van der Waals surface area contributed by atoms with E-state index in [-0.39, 0.29) is 6.04 Å². The molecule has 2 aliphatic rings. The number of aromatic nitrogens is 2. The highest BCUT2D eigenvalue weighted by molar-refractivity contribution is 6.09. The van der Waals surface area contributed by atoms with E-state index in [1.807, 2.05) is 25.2 Å². The number of likely N-dealkylation sites (N-methyl/N-ethyl adjacent to an activating group) is 1. The summed E-state index contributed by atoms with van der Waals surface area (Å²) in [5, 5.41) is 15.3. The van der Waals surface area contributed by atoms with Gasteiger partial charge in [-0.2, -0.15) is 5.10 Å². The van der Waals surface area contributed by atoms with Crippen LogP contribution in [-0.4, -0.2) is 29.1 Å². The molecule has 5 nitrogen and oxygen atoms in total. The largest absolute Gasteiger partial charge is 0.388 e. The van der Waals surface area contributed by atoms with Gasteiger partial charge in [-0.05, 0) is 56.2 Å². The van der Waals surface area contributed by atoms with E-state index in [0.717, 1.165) is 28.1 Å². The predicted octanol–water partition coefficient (Wildman–Crippen LogP) is 5.45. The molecule has 168 valence electrons. The first kappa shape index (κ1) is 23.4. The van der Waals surface area contributed by atoms with E-state index in [1.165, 1.54) is 43.4 Å². The van der Waals surface area contributed by atoms with Gasteiger partial charge in [-0.1, -0.05) is 50.6 Å². The second-order valence-corrected chi connectivity index (χ2v) is 8.47. The number of benzene rings is 1. The molecule has 0 amide bonds. The summed E-state index contributed by atoms with van der Waals surface area (Å²) in [6.45, 7) is 10.4. The summed E-state index contributed by atoms with van der Waals surface area (Å²) in [7, 11) is 2.01. The lowest BCUT2D eigenvalue weighted by atomic mass is 9.76. The minimum Gasteiger partial charge on any atom is -0.388 e. The lowest BCUT2D eigenvalue weighted by Gasteiger charge is -2.30. The molecule has 0 radical (unpaired) electrons. The van der Waals surface area contributed by atoms with Crippen LogP contribution < -0.4 is 10.6 Å². The van der Waals surface area contributed by atoms with Crippen molar-refractivity contribution in [1.82, 2.24) is 20.8 Å². The fourth-order valence-corrected chi connectivity index (χ4v) is 4.81. The molecule has 1 aliphatic heterocycles. The van der Waals surface area contributed by atoms with E-state index in [1.54, 1.807) is 6.92 Å². The van der Waals surface area contributed by atoms with Gasteiger partial charge in [-0.15, -0.1) is 12.3 Å². The fourth-order valence-electron chi connectivity index (χ4n) is 4.81. The van der Waals surface area contributed by atoms with Crippen LogP contribution in [0.4, 0.5) is 0 Å². The van der Waals surface area contributed by atoms with E-state index in [2.05, 4.69) is 71.8 Å². The maximum absolute atomic E-state index is 4.85. The molecule has 1 atom stereocenters. The van der Waals surface area contributed by atoms with Gasteiger partial charge in [0.25, 0.3) is 0 Å². The second kappa shape index (κ2) is 10.4. The molecule has 0 bridgehead atoms.